The van der Waals surface area contributed by atoms with Crippen molar-refractivity contribution in [2.45, 2.75) is 50.9 Å². The van der Waals surface area contributed by atoms with Crippen LogP contribution in [0.3, 0.4) is 0 Å². The first kappa shape index (κ1) is 23.3. The molecule has 1 aromatic heterocycles. The fraction of sp³-hybridized carbons (Fsp3) is 0.414. The van der Waals surface area contributed by atoms with Crippen LogP contribution in [-0.4, -0.2) is 22.5 Å². The van der Waals surface area contributed by atoms with Crippen molar-refractivity contribution in [3.8, 4) is 0 Å². The van der Waals surface area contributed by atoms with Gasteiger partial charge in [-0.3, -0.25) is 0 Å². The van der Waals surface area contributed by atoms with Crippen LogP contribution < -0.4 is 10.6 Å². The number of hydrogen-bond donors (Lipinski definition) is 2. The van der Waals surface area contributed by atoms with Crippen molar-refractivity contribution in [1.82, 2.24) is 9.97 Å². The number of halogens is 1. The van der Waals surface area contributed by atoms with Gasteiger partial charge < -0.3 is 15.4 Å². The van der Waals surface area contributed by atoms with E-state index in [1.165, 1.54) is 56.6 Å². The third-order valence-corrected chi connectivity index (χ3v) is 8.57. The Morgan fingerprint density at radius 3 is 2.25 bits per heavy atom. The standard InChI is InChI=1S/C29H31ClN4O2/c1-2-36-28(35)24-16-31-17-32-27(24)34-23-6-4-22(5-7-23)33-26-8-3-21(12-25(26)30)29-13-18-9-19(14-29)11-20(10-18)15-29/h3-8,12,16-20,33H,2,9-11,13-15H2,1H3,(H,31,32,34). The fourth-order valence-electron chi connectivity index (χ4n) is 7.13. The number of esters is 1. The molecule has 7 rings (SSSR count). The molecule has 2 N–H and O–H groups in total. The van der Waals surface area contributed by atoms with Gasteiger partial charge in [-0.25, -0.2) is 14.8 Å². The van der Waals surface area contributed by atoms with Crippen LogP contribution in [0.4, 0.5) is 22.9 Å². The van der Waals surface area contributed by atoms with Gasteiger partial charge in [0.1, 0.15) is 17.7 Å². The molecule has 0 amide bonds. The van der Waals surface area contributed by atoms with Crippen LogP contribution in [0.15, 0.2) is 55.0 Å². The highest BCUT2D eigenvalue weighted by molar-refractivity contribution is 6.33. The van der Waals surface area contributed by atoms with E-state index >= 15 is 0 Å². The van der Waals surface area contributed by atoms with E-state index in [9.17, 15) is 4.79 Å². The number of benzene rings is 2. The summed E-state index contributed by atoms with van der Waals surface area (Å²) in [7, 11) is 0. The molecule has 186 valence electrons. The Balaban J connectivity index is 1.15. The van der Waals surface area contributed by atoms with Gasteiger partial charge in [-0.15, -0.1) is 0 Å². The van der Waals surface area contributed by atoms with Gasteiger partial charge in [0.05, 0.1) is 17.3 Å². The number of nitrogens with one attached hydrogen (secondary N) is 2. The number of aromatic nitrogens is 2. The Labute approximate surface area is 216 Å². The third-order valence-electron chi connectivity index (χ3n) is 8.25. The zero-order valence-electron chi connectivity index (χ0n) is 20.5. The molecule has 36 heavy (non-hydrogen) atoms. The van der Waals surface area contributed by atoms with E-state index in [1.54, 1.807) is 6.92 Å². The molecule has 4 bridgehead atoms. The highest BCUT2D eigenvalue weighted by atomic mass is 35.5. The Bertz CT molecular complexity index is 1240. The van der Waals surface area contributed by atoms with Crippen molar-refractivity contribution in [1.29, 1.82) is 0 Å². The van der Waals surface area contributed by atoms with E-state index in [-0.39, 0.29) is 0 Å². The van der Waals surface area contributed by atoms with Crippen molar-refractivity contribution in [2.24, 2.45) is 17.8 Å². The van der Waals surface area contributed by atoms with E-state index in [4.69, 9.17) is 16.3 Å². The van der Waals surface area contributed by atoms with Crippen molar-refractivity contribution in [3.63, 3.8) is 0 Å². The summed E-state index contributed by atoms with van der Waals surface area (Å²) in [5.74, 6) is 2.69. The summed E-state index contributed by atoms with van der Waals surface area (Å²) in [6.07, 6.45) is 11.2. The van der Waals surface area contributed by atoms with Crippen LogP contribution in [0.25, 0.3) is 0 Å². The van der Waals surface area contributed by atoms with Crippen LogP contribution >= 0.6 is 11.6 Å². The third kappa shape index (κ3) is 4.43. The molecule has 0 saturated heterocycles. The molecule has 0 aliphatic heterocycles. The van der Waals surface area contributed by atoms with E-state index in [1.807, 2.05) is 24.3 Å². The molecule has 0 atom stereocenters. The lowest BCUT2D eigenvalue weighted by Crippen LogP contribution is -2.48. The summed E-state index contributed by atoms with van der Waals surface area (Å²) in [5.41, 5.74) is 4.71. The van der Waals surface area contributed by atoms with Gasteiger partial charge in [-0.05, 0) is 111 Å². The lowest BCUT2D eigenvalue weighted by atomic mass is 9.48. The van der Waals surface area contributed by atoms with E-state index < -0.39 is 5.97 Å². The highest BCUT2D eigenvalue weighted by Gasteiger charge is 2.51. The lowest BCUT2D eigenvalue weighted by Gasteiger charge is -2.57. The Morgan fingerprint density at radius 1 is 1.00 bits per heavy atom. The molecule has 1 heterocycles. The molecular weight excluding hydrogens is 472 g/mol. The van der Waals surface area contributed by atoms with E-state index in [0.29, 0.717) is 23.4 Å². The summed E-state index contributed by atoms with van der Waals surface area (Å²) >= 11 is 6.80. The molecule has 0 radical (unpaired) electrons. The summed E-state index contributed by atoms with van der Waals surface area (Å²) in [6, 6.07) is 14.4. The lowest BCUT2D eigenvalue weighted by molar-refractivity contribution is -0.00518. The molecule has 2 aromatic carbocycles. The molecular formula is C29H31ClN4O2. The molecule has 3 aromatic rings. The minimum atomic E-state index is -0.453. The number of hydrogen-bond acceptors (Lipinski definition) is 6. The Morgan fingerprint density at radius 2 is 1.64 bits per heavy atom. The SMILES string of the molecule is CCOC(=O)c1cncnc1Nc1ccc(Nc2ccc(C34CC5CC(CC(C5)C3)C4)cc2Cl)cc1. The van der Waals surface area contributed by atoms with E-state index in [0.717, 1.165) is 39.8 Å². The van der Waals surface area contributed by atoms with Gasteiger partial charge in [0, 0.05) is 17.6 Å². The van der Waals surface area contributed by atoms with Gasteiger partial charge >= 0.3 is 5.97 Å². The molecule has 4 aliphatic rings. The zero-order valence-corrected chi connectivity index (χ0v) is 21.2. The first-order valence-corrected chi connectivity index (χ1v) is 13.3. The maximum Gasteiger partial charge on any atom is 0.343 e. The number of anilines is 4. The van der Waals surface area contributed by atoms with Gasteiger partial charge in [0.2, 0.25) is 0 Å². The normalized spacial score (nSPS) is 26.0. The van der Waals surface area contributed by atoms with Crippen LogP contribution in [0, 0.1) is 17.8 Å². The summed E-state index contributed by atoms with van der Waals surface area (Å²) < 4.78 is 5.10. The predicted octanol–water partition coefficient (Wildman–Crippen LogP) is 7.26. The quantitative estimate of drug-likeness (QED) is 0.331. The largest absolute Gasteiger partial charge is 0.462 e. The smallest absolute Gasteiger partial charge is 0.343 e. The summed E-state index contributed by atoms with van der Waals surface area (Å²) in [6.45, 7) is 2.06. The van der Waals surface area contributed by atoms with E-state index in [2.05, 4.69) is 38.8 Å². The molecule has 7 heteroatoms. The molecule has 0 spiro atoms. The van der Waals surface area contributed by atoms with Crippen molar-refractivity contribution < 1.29 is 9.53 Å². The van der Waals surface area contributed by atoms with Gasteiger partial charge in [-0.1, -0.05) is 17.7 Å². The number of nitrogens with zero attached hydrogens (tertiary/aromatic N) is 2. The van der Waals surface area contributed by atoms with Crippen LogP contribution in [0.2, 0.25) is 5.02 Å². The van der Waals surface area contributed by atoms with Crippen molar-refractivity contribution in [2.75, 3.05) is 17.2 Å². The number of rotatable bonds is 7. The van der Waals surface area contributed by atoms with Crippen LogP contribution in [0.5, 0.6) is 0 Å². The van der Waals surface area contributed by atoms with Gasteiger partial charge in [0.15, 0.2) is 0 Å². The molecule has 4 aliphatic carbocycles. The van der Waals surface area contributed by atoms with Crippen molar-refractivity contribution >= 4 is 40.5 Å². The zero-order chi connectivity index (χ0) is 24.7. The summed E-state index contributed by atoms with van der Waals surface area (Å²) in [5, 5.41) is 7.40. The second kappa shape index (κ2) is 9.40. The Kier molecular flexibility index (Phi) is 6.08. The van der Waals surface area contributed by atoms with Gasteiger partial charge in [0.25, 0.3) is 0 Å². The molecule has 6 nitrogen and oxygen atoms in total. The predicted molar refractivity (Wildman–Crippen MR) is 142 cm³/mol. The first-order chi connectivity index (χ1) is 17.5. The number of ether oxygens (including phenoxy) is 1. The van der Waals surface area contributed by atoms with Crippen molar-refractivity contribution in [3.05, 3.63) is 71.1 Å². The van der Waals surface area contributed by atoms with Gasteiger partial charge in [-0.2, -0.15) is 0 Å². The monoisotopic (exact) mass is 502 g/mol. The molecule has 0 unspecified atom stereocenters. The fourth-order valence-corrected chi connectivity index (χ4v) is 7.35. The Hall–Kier alpha value is -3.12. The number of carbonyl (C=O) groups excluding carboxylic acids is 1. The second-order valence-electron chi connectivity index (χ2n) is 10.7. The van der Waals surface area contributed by atoms with Crippen LogP contribution in [0.1, 0.15) is 61.4 Å². The minimum Gasteiger partial charge on any atom is -0.462 e. The summed E-state index contributed by atoms with van der Waals surface area (Å²) in [4.78, 5) is 20.3. The second-order valence-corrected chi connectivity index (χ2v) is 11.1. The maximum absolute atomic E-state index is 12.2. The molecule has 4 fully saturated rings. The topological polar surface area (TPSA) is 76.1 Å². The average molecular weight is 503 g/mol. The molecule has 4 saturated carbocycles. The first-order valence-electron chi connectivity index (χ1n) is 12.9. The van der Waals surface area contributed by atoms with Crippen LogP contribution in [-0.2, 0) is 10.2 Å². The minimum absolute atomic E-state index is 0.291. The highest BCUT2D eigenvalue weighted by Crippen LogP contribution is 2.61. The number of carbonyl (C=O) groups is 1. The average Bonchev–Trinajstić information content (AvgIpc) is 2.86. The maximum atomic E-state index is 12.2.